The number of hydrogen-bond donors (Lipinski definition) is 12. The molecule has 0 aromatic carbocycles. The molecule has 4 bridgehead atoms. The van der Waals surface area contributed by atoms with E-state index in [1.807, 2.05) is 6.08 Å². The number of aliphatic hydroxyl groups is 7. The second-order valence-electron chi connectivity index (χ2n) is 16.0. The van der Waals surface area contributed by atoms with E-state index in [9.17, 15) is 50.4 Å². The Morgan fingerprint density at radius 3 is 2.64 bits per heavy atom. The van der Waals surface area contributed by atoms with E-state index >= 15 is 0 Å². The van der Waals surface area contributed by atoms with Crippen molar-refractivity contribution >= 4 is 61.1 Å². The number of carboxylic acids is 1. The fourth-order valence-corrected chi connectivity index (χ4v) is 14.4. The molecule has 0 radical (unpaired) electrons. The van der Waals surface area contributed by atoms with Crippen LogP contribution in [0, 0.1) is 17.8 Å². The first-order valence-corrected chi connectivity index (χ1v) is 26.0. The summed E-state index contributed by atoms with van der Waals surface area (Å²) in [5.41, 5.74) is 6.84. The number of fused-ring (bicyclic) bond motifs is 2. The lowest BCUT2D eigenvalue weighted by molar-refractivity contribution is -0.870. The molecule has 1 saturated carbocycles. The van der Waals surface area contributed by atoms with Crippen LogP contribution in [0.5, 0.6) is 0 Å². The average Bonchev–Trinajstić information content (AvgIpc) is 3.71. The Balaban J connectivity index is 1.51. The number of rotatable bonds is 13. The molecule has 13 N–H and O–H groups in total. The van der Waals surface area contributed by atoms with Crippen LogP contribution < -0.4 is 21.3 Å². The van der Waals surface area contributed by atoms with Gasteiger partial charge >= 0.3 is 11.9 Å². The zero-order chi connectivity index (χ0) is 46.0. The normalized spacial score (nSPS) is 35.3. The predicted molar refractivity (Wildman–Crippen MR) is 240 cm³/mol. The molecule has 24 heteroatoms. The summed E-state index contributed by atoms with van der Waals surface area (Å²) in [6.07, 6.45) is 2.30. The number of hydrogen-bond acceptors (Lipinski definition) is 20. The molecule has 20 nitrogen and oxygen atoms in total. The summed E-state index contributed by atoms with van der Waals surface area (Å²) >= 11 is 0. The zero-order valence-corrected chi connectivity index (χ0v) is 38.4. The highest BCUT2D eigenvalue weighted by atomic mass is 33.1. The fraction of sp³-hybridized carbons (Fsp3) is 0.675. The highest BCUT2D eigenvalue weighted by molar-refractivity contribution is 8.78. The first kappa shape index (κ1) is 51.0. The number of nitrogens with zero attached hydrogens (tertiary/aromatic N) is 1. The molecule has 0 spiro atoms. The number of carbonyl (C=O) groups is 2. The number of nitrogens with one attached hydrogen (secondary N) is 3. The van der Waals surface area contributed by atoms with Gasteiger partial charge in [-0.1, -0.05) is 67.5 Å². The van der Waals surface area contributed by atoms with E-state index < -0.39 is 85.9 Å². The lowest BCUT2D eigenvalue weighted by atomic mass is 9.82. The Hall–Kier alpha value is -2.37. The van der Waals surface area contributed by atoms with Crippen LogP contribution in [-0.4, -0.2) is 183 Å². The molecule has 6 rings (SSSR count). The van der Waals surface area contributed by atoms with Gasteiger partial charge in [-0.05, 0) is 32.7 Å². The van der Waals surface area contributed by atoms with Gasteiger partial charge in [-0.3, -0.25) is 15.2 Å². The van der Waals surface area contributed by atoms with E-state index in [1.165, 1.54) is 13.3 Å². The van der Waals surface area contributed by atoms with Gasteiger partial charge in [0.15, 0.2) is 18.4 Å². The van der Waals surface area contributed by atoms with Crippen molar-refractivity contribution in [1.82, 2.24) is 10.6 Å². The molecule has 13 unspecified atom stereocenters. The van der Waals surface area contributed by atoms with E-state index in [2.05, 4.69) is 15.6 Å². The molecule has 5 aliphatic heterocycles. The van der Waals surface area contributed by atoms with Gasteiger partial charge in [0, 0.05) is 47.8 Å². The molecule has 1 saturated heterocycles. The monoisotopic (exact) mass is 978 g/mol. The third kappa shape index (κ3) is 12.2. The molecule has 5 heterocycles. The minimum absolute atomic E-state index is 0.0486. The van der Waals surface area contributed by atoms with Crippen LogP contribution in [0.4, 0.5) is 0 Å². The van der Waals surface area contributed by atoms with Gasteiger partial charge in [0.2, 0.25) is 12.1 Å². The Labute approximate surface area is 386 Å². The van der Waals surface area contributed by atoms with Crippen LogP contribution in [0.2, 0.25) is 0 Å². The molecular weight excluding hydrogens is 919 g/mol. The van der Waals surface area contributed by atoms with Crippen molar-refractivity contribution < 1.29 is 79.0 Å². The highest BCUT2D eigenvalue weighted by Crippen LogP contribution is 2.43. The number of carbonyl (C=O) groups excluding carboxylic acids is 1. The largest absolute Gasteiger partial charge is 0.477 e. The quantitative estimate of drug-likeness (QED) is 0.0179. The molecular formula is C40H60N5O15S4+. The summed E-state index contributed by atoms with van der Waals surface area (Å²) in [6, 6.07) is -0.444. The maximum atomic E-state index is 14.5. The lowest BCUT2D eigenvalue weighted by Gasteiger charge is -2.48. The standard InChI is InChI=1S/C40H59N5O15S4/c1-42-31(17-49)59-34-38(58-29(16-48)33(50)40(34,54)55)60-37-24-6-3-12-61-62-20-30-27(15-47)45-13-21(32(25(14-45)35(51)52)44-39(41)43-10-4-11-46)8-9-23(24)26(18-56-37)36(53)57-28-7-2-5-22(28)19-63-64-30/h3,6,8-9,14,18,22-24,27-31,33-34,37-38,42,46-50,54-55H,2,4-5,7,10-13,15-17,19-20H2,1H3,(H,51,52)(H3,41,43,44)/p+1. The minimum Gasteiger partial charge on any atom is -0.477 e. The van der Waals surface area contributed by atoms with E-state index in [0.29, 0.717) is 40.6 Å². The molecule has 64 heavy (non-hydrogen) atoms. The Morgan fingerprint density at radius 1 is 1.11 bits per heavy atom. The predicted octanol–water partition coefficient (Wildman–Crippen LogP) is -2.09. The number of aliphatic carboxylic acids is 1. The number of quaternary nitrogens is 1. The molecule has 1 aliphatic carbocycles. The maximum Gasteiger partial charge on any atom is 0.343 e. The van der Waals surface area contributed by atoms with Gasteiger partial charge in [0.1, 0.15) is 48.9 Å². The van der Waals surface area contributed by atoms with Crippen molar-refractivity contribution in [1.29, 1.82) is 0 Å². The number of aliphatic hydroxyl groups excluding tert-OH is 5. The van der Waals surface area contributed by atoms with Gasteiger partial charge in [-0.25, -0.2) is 9.59 Å². The summed E-state index contributed by atoms with van der Waals surface area (Å²) in [5.74, 6) is -5.12. The van der Waals surface area contributed by atoms with Gasteiger partial charge in [-0.15, -0.1) is 0 Å². The minimum atomic E-state index is -3.07. The number of guanidine groups is 1. The number of carboxylic acid groups (broad SMARTS) is 1. The lowest BCUT2D eigenvalue weighted by Crippen LogP contribution is -3.14. The van der Waals surface area contributed by atoms with Crippen LogP contribution in [0.15, 0.2) is 64.2 Å². The molecule has 6 aliphatic rings. The summed E-state index contributed by atoms with van der Waals surface area (Å²) < 4.78 is 30.5. The van der Waals surface area contributed by atoms with Crippen LogP contribution in [0.3, 0.4) is 0 Å². The molecule has 0 aromatic heterocycles. The Kier molecular flexibility index (Phi) is 19.2. The highest BCUT2D eigenvalue weighted by Gasteiger charge is 2.58. The number of ether oxygens (including phenoxy) is 5. The van der Waals surface area contributed by atoms with Gasteiger partial charge in [0.05, 0.1) is 48.5 Å². The van der Waals surface area contributed by atoms with Crippen LogP contribution >= 0.6 is 43.2 Å². The summed E-state index contributed by atoms with van der Waals surface area (Å²) in [6.45, 7) is -1.50. The van der Waals surface area contributed by atoms with Gasteiger partial charge < -0.3 is 75.6 Å². The first-order chi connectivity index (χ1) is 30.8. The SMILES string of the molecule is CNC(CO)OC1C(OC2OC=C3C(=O)OC4CCCC4CSSC4CSSCC=CC2C3C=CC2=C(NC(N)=NCCCO)C(C(=O)O)=C[NH+](C2)C4CO)OC(CO)C(O)C1(O)O. The van der Waals surface area contributed by atoms with Crippen molar-refractivity contribution in [2.45, 2.75) is 86.0 Å². The van der Waals surface area contributed by atoms with Gasteiger partial charge in [-0.2, -0.15) is 0 Å². The second kappa shape index (κ2) is 24.1. The molecule has 0 aromatic rings. The van der Waals surface area contributed by atoms with Crippen molar-refractivity contribution in [3.05, 3.63) is 59.2 Å². The van der Waals surface area contributed by atoms with E-state index in [-0.39, 0.29) is 66.4 Å². The number of nitrogens with two attached hydrogens (primary N) is 1. The maximum absolute atomic E-state index is 14.5. The van der Waals surface area contributed by atoms with Crippen LogP contribution in [-0.2, 0) is 33.3 Å². The number of allylic oxidation sites excluding steroid dienone is 1. The van der Waals surface area contributed by atoms with Crippen molar-refractivity contribution in [2.24, 2.45) is 28.5 Å². The number of likely N-dealkylation sites (N-methyl/N-ethyl adjacent to an activating group) is 1. The summed E-state index contributed by atoms with van der Waals surface area (Å²) in [7, 11) is 7.88. The Bertz CT molecular complexity index is 1800. The summed E-state index contributed by atoms with van der Waals surface area (Å²) in [4.78, 5) is 32.5. The van der Waals surface area contributed by atoms with E-state index in [1.54, 1.807) is 67.6 Å². The molecule has 358 valence electrons. The van der Waals surface area contributed by atoms with E-state index in [4.69, 9.17) is 29.4 Å². The van der Waals surface area contributed by atoms with Crippen LogP contribution in [0.1, 0.15) is 25.7 Å². The third-order valence-electron chi connectivity index (χ3n) is 11.8. The van der Waals surface area contributed by atoms with Crippen molar-refractivity contribution in [3.8, 4) is 0 Å². The number of aliphatic imine (C=N–C) groups is 1. The Morgan fingerprint density at radius 2 is 1.92 bits per heavy atom. The van der Waals surface area contributed by atoms with Crippen molar-refractivity contribution in [2.75, 3.05) is 63.8 Å². The summed E-state index contributed by atoms with van der Waals surface area (Å²) in [5, 5.41) is 89.9. The van der Waals surface area contributed by atoms with Gasteiger partial charge in [0.25, 0.3) is 0 Å². The fourth-order valence-electron chi connectivity index (χ4n) is 8.33. The second-order valence-corrected chi connectivity index (χ2v) is 21.2. The average molecular weight is 979 g/mol. The molecule has 2 fully saturated rings. The van der Waals surface area contributed by atoms with E-state index in [0.717, 1.165) is 12.8 Å². The third-order valence-corrected chi connectivity index (χ3v) is 17.4. The number of esters is 1. The topological polar surface area (TPSA) is 309 Å². The molecule has 0 amide bonds. The first-order valence-electron chi connectivity index (χ1n) is 21.1. The van der Waals surface area contributed by atoms with Crippen LogP contribution in [0.25, 0.3) is 0 Å². The zero-order valence-electron chi connectivity index (χ0n) is 35.2. The molecule has 13 atom stereocenters. The smallest absolute Gasteiger partial charge is 0.343 e. The van der Waals surface area contributed by atoms with Crippen molar-refractivity contribution in [3.63, 3.8) is 0 Å².